The van der Waals surface area contributed by atoms with Crippen LogP contribution in [0.4, 0.5) is 0 Å². The fourth-order valence-electron chi connectivity index (χ4n) is 2.52. The summed E-state index contributed by atoms with van der Waals surface area (Å²) in [5.74, 6) is 2.15. The van der Waals surface area contributed by atoms with Gasteiger partial charge in [-0.3, -0.25) is 4.18 Å². The second kappa shape index (κ2) is 15.9. The molecule has 0 aromatic heterocycles. The van der Waals surface area contributed by atoms with Crippen molar-refractivity contribution in [2.24, 2.45) is 0 Å². The van der Waals surface area contributed by atoms with E-state index in [1.807, 2.05) is 60.7 Å². The molecule has 2 N–H and O–H groups in total. The van der Waals surface area contributed by atoms with Gasteiger partial charge in [0.15, 0.2) is 0 Å². The van der Waals surface area contributed by atoms with E-state index < -0.39 is 9.15 Å². The molecule has 7 nitrogen and oxygen atoms in total. The van der Waals surface area contributed by atoms with Crippen LogP contribution in [-0.4, -0.2) is 60.2 Å². The topological polar surface area (TPSA) is 85.9 Å². The molecule has 2 aromatic carbocycles. The molecule has 0 saturated carbocycles. The van der Waals surface area contributed by atoms with E-state index in [0.717, 1.165) is 48.2 Å². The Morgan fingerprint density at radius 1 is 0.677 bits per heavy atom. The maximum Gasteiger partial charge on any atom is 0.322 e. The van der Waals surface area contributed by atoms with E-state index in [4.69, 9.17) is 13.7 Å². The molecule has 0 atom stereocenters. The Morgan fingerprint density at radius 3 is 1.74 bits per heavy atom. The Kier molecular flexibility index (Phi) is 13.1. The van der Waals surface area contributed by atoms with Crippen molar-refractivity contribution in [1.82, 2.24) is 10.6 Å². The first kappa shape index (κ1) is 25.5. The molecule has 0 bridgehead atoms. The lowest BCUT2D eigenvalue weighted by molar-refractivity contribution is 0.298. The van der Waals surface area contributed by atoms with E-state index in [1.165, 1.54) is 0 Å². The normalized spacial score (nSPS) is 11.4. The van der Waals surface area contributed by atoms with Gasteiger partial charge in [0.25, 0.3) is 0 Å². The van der Waals surface area contributed by atoms with Crippen molar-refractivity contribution in [3.8, 4) is 11.5 Å². The van der Waals surface area contributed by atoms with Crippen molar-refractivity contribution in [1.29, 1.82) is 0 Å². The lowest BCUT2D eigenvalue weighted by atomic mass is 10.3. The number of ether oxygens (including phenoxy) is 2. The molecule has 9 heteroatoms. The van der Waals surface area contributed by atoms with Crippen LogP contribution in [0.3, 0.4) is 0 Å². The van der Waals surface area contributed by atoms with Crippen molar-refractivity contribution < 1.29 is 22.1 Å². The minimum atomic E-state index is -3.56. The summed E-state index contributed by atoms with van der Waals surface area (Å²) < 4.78 is 39.9. The quantitative estimate of drug-likeness (QED) is 0.255. The highest BCUT2D eigenvalue weighted by Gasteiger charge is 2.11. The number of nitrogens with one attached hydrogen (secondary N) is 2. The molecule has 0 aliphatic heterocycles. The third-order valence-corrected chi connectivity index (χ3v) is 6.80. The van der Waals surface area contributed by atoms with Crippen molar-refractivity contribution in [3.63, 3.8) is 0 Å². The third kappa shape index (κ3) is 13.3. The first-order chi connectivity index (χ1) is 15.2. The highest BCUT2D eigenvalue weighted by Crippen LogP contribution is 2.13. The van der Waals surface area contributed by atoms with E-state index in [0.29, 0.717) is 32.1 Å². The van der Waals surface area contributed by atoms with Gasteiger partial charge < -0.3 is 20.1 Å². The minimum Gasteiger partial charge on any atom is -0.494 e. The Hall–Kier alpha value is -1.78. The molecule has 0 spiro atoms. The molecule has 0 aliphatic carbocycles. The largest absolute Gasteiger partial charge is 0.494 e. The van der Waals surface area contributed by atoms with Crippen LogP contribution in [0.1, 0.15) is 12.8 Å². The molecule has 0 radical (unpaired) electrons. The molecule has 0 aliphatic rings. The van der Waals surface area contributed by atoms with E-state index >= 15 is 0 Å². The zero-order chi connectivity index (χ0) is 22.0. The summed E-state index contributed by atoms with van der Waals surface area (Å²) in [5, 5.41) is 6.36. The van der Waals surface area contributed by atoms with Crippen molar-refractivity contribution >= 4 is 19.9 Å². The van der Waals surface area contributed by atoms with Gasteiger partial charge in [-0.1, -0.05) is 36.4 Å². The number of rotatable bonds is 18. The molecule has 0 heterocycles. The fourth-order valence-corrected chi connectivity index (χ4v) is 4.58. The molecule has 31 heavy (non-hydrogen) atoms. The van der Waals surface area contributed by atoms with Gasteiger partial charge in [0.05, 0.1) is 19.8 Å². The molecule has 2 rings (SSSR count). The predicted molar refractivity (Wildman–Crippen MR) is 126 cm³/mol. The van der Waals surface area contributed by atoms with Gasteiger partial charge in [0.2, 0.25) is 0 Å². The SMILES string of the molecule is O=S(=O)(OCCNCCCOc1ccccc1)SCCNCCCOc1ccccc1. The number of hydrogen-bond donors (Lipinski definition) is 2. The van der Waals surface area contributed by atoms with E-state index in [9.17, 15) is 8.42 Å². The molecule has 0 saturated heterocycles. The van der Waals surface area contributed by atoms with Crippen LogP contribution in [0.25, 0.3) is 0 Å². The first-order valence-corrected chi connectivity index (χ1v) is 13.4. The molecule has 2 aromatic rings. The average molecular weight is 469 g/mol. The maximum absolute atomic E-state index is 11.9. The Morgan fingerprint density at radius 2 is 1.19 bits per heavy atom. The highest BCUT2D eigenvalue weighted by molar-refractivity contribution is 8.70. The molecule has 0 amide bonds. The number of benzene rings is 2. The Bertz CT molecular complexity index is 731. The van der Waals surface area contributed by atoms with Crippen LogP contribution in [0.15, 0.2) is 60.7 Å². The second-order valence-electron chi connectivity index (χ2n) is 6.58. The van der Waals surface area contributed by atoms with Gasteiger partial charge in [0, 0.05) is 18.8 Å². The summed E-state index contributed by atoms with van der Waals surface area (Å²) in [6.07, 6.45) is 1.68. The summed E-state index contributed by atoms with van der Waals surface area (Å²) >= 11 is 0. The molecule has 0 unspecified atom stereocenters. The summed E-state index contributed by atoms with van der Waals surface area (Å²) in [4.78, 5) is 0. The van der Waals surface area contributed by atoms with Gasteiger partial charge in [-0.15, -0.1) is 0 Å². The van der Waals surface area contributed by atoms with Gasteiger partial charge in [-0.2, -0.15) is 8.42 Å². The molecular formula is C22H32N2O5S2. The van der Waals surface area contributed by atoms with Gasteiger partial charge >= 0.3 is 9.15 Å². The average Bonchev–Trinajstić information content (AvgIpc) is 2.78. The maximum atomic E-state index is 11.9. The standard InChI is InChI=1S/C22H32N2O5S2/c25-31(26,29-19-15-23-13-7-17-27-21-9-3-1-4-10-21)30-20-16-24-14-8-18-28-22-11-5-2-6-12-22/h1-6,9-12,23-24H,7-8,13-20H2. The fraction of sp³-hybridized carbons (Fsp3) is 0.455. The summed E-state index contributed by atoms with van der Waals surface area (Å²) in [6.45, 7) is 3.93. The Balaban J connectivity index is 1.36. The van der Waals surface area contributed by atoms with Gasteiger partial charge in [-0.05, 0) is 61.0 Å². The van der Waals surface area contributed by atoms with Gasteiger partial charge in [0.1, 0.15) is 11.5 Å². The summed E-state index contributed by atoms with van der Waals surface area (Å²) in [7, 11) is -2.74. The van der Waals surface area contributed by atoms with Crippen molar-refractivity contribution in [2.75, 3.05) is 51.8 Å². The van der Waals surface area contributed by atoms with Crippen LogP contribution < -0.4 is 20.1 Å². The molecule has 0 fully saturated rings. The van der Waals surface area contributed by atoms with E-state index in [2.05, 4.69) is 10.6 Å². The summed E-state index contributed by atoms with van der Waals surface area (Å²) in [5.41, 5.74) is 0. The lowest BCUT2D eigenvalue weighted by Crippen LogP contribution is -2.24. The molecular weight excluding hydrogens is 436 g/mol. The van der Waals surface area contributed by atoms with Crippen LogP contribution in [0.5, 0.6) is 11.5 Å². The predicted octanol–water partition coefficient (Wildman–Crippen LogP) is 3.10. The zero-order valence-electron chi connectivity index (χ0n) is 17.7. The smallest absolute Gasteiger partial charge is 0.322 e. The lowest BCUT2D eigenvalue weighted by Gasteiger charge is -2.08. The van der Waals surface area contributed by atoms with E-state index in [1.54, 1.807) is 0 Å². The third-order valence-electron chi connectivity index (χ3n) is 4.03. The monoisotopic (exact) mass is 468 g/mol. The summed E-state index contributed by atoms with van der Waals surface area (Å²) in [6, 6.07) is 19.3. The van der Waals surface area contributed by atoms with Crippen molar-refractivity contribution in [2.45, 2.75) is 12.8 Å². The zero-order valence-corrected chi connectivity index (χ0v) is 19.3. The van der Waals surface area contributed by atoms with Crippen LogP contribution in [0, 0.1) is 0 Å². The number of para-hydroxylation sites is 2. The number of hydrogen-bond acceptors (Lipinski definition) is 8. The van der Waals surface area contributed by atoms with E-state index in [-0.39, 0.29) is 6.61 Å². The van der Waals surface area contributed by atoms with Crippen LogP contribution >= 0.6 is 10.8 Å². The van der Waals surface area contributed by atoms with Crippen LogP contribution in [-0.2, 0) is 13.3 Å². The second-order valence-corrected chi connectivity index (χ2v) is 10.2. The highest BCUT2D eigenvalue weighted by atomic mass is 33.1. The van der Waals surface area contributed by atoms with Crippen molar-refractivity contribution in [3.05, 3.63) is 60.7 Å². The Labute approximate surface area is 189 Å². The van der Waals surface area contributed by atoms with Crippen LogP contribution in [0.2, 0.25) is 0 Å². The first-order valence-electron chi connectivity index (χ1n) is 10.5. The van der Waals surface area contributed by atoms with Gasteiger partial charge in [-0.25, -0.2) is 0 Å². The molecule has 172 valence electrons. The minimum absolute atomic E-state index is 0.124.